The molecule has 0 heterocycles. The predicted octanol–water partition coefficient (Wildman–Crippen LogP) is 1.60. The first-order valence-corrected chi connectivity index (χ1v) is 1.000. The van der Waals surface area contributed by atoms with Crippen molar-refractivity contribution in [2.75, 3.05) is 0 Å². The average molecular weight is 120 g/mol. The third kappa shape index (κ3) is 59300000. The fourth-order valence-corrected chi connectivity index (χ4v) is 0. The van der Waals surface area contributed by atoms with Crippen molar-refractivity contribution in [3.8, 4) is 0 Å². The van der Waals surface area contributed by atoms with Gasteiger partial charge < -0.3 is 0 Å². The van der Waals surface area contributed by atoms with Gasteiger partial charge in [-0.05, 0) is 0 Å². The first-order valence-electron chi connectivity index (χ1n) is 1.000. The molecule has 0 saturated heterocycles. The summed E-state index contributed by atoms with van der Waals surface area (Å²) in [4.78, 5) is 0. The van der Waals surface area contributed by atoms with Gasteiger partial charge in [0.25, 0.3) is 0 Å². The van der Waals surface area contributed by atoms with E-state index < -0.39 is 0 Å². The minimum Gasteiger partial charge on any atom is -0.106 e. The topological polar surface area (TPSA) is 0 Å². The van der Waals surface area contributed by atoms with Crippen molar-refractivity contribution in [3.05, 3.63) is 26.3 Å². The molecule has 0 amide bonds. The molecule has 5 heavy (non-hydrogen) atoms. The van der Waals surface area contributed by atoms with E-state index in [1.54, 1.807) is 0 Å². The van der Waals surface area contributed by atoms with E-state index in [0.29, 0.717) is 0 Å². The van der Waals surface area contributed by atoms with Gasteiger partial charge in [-0.25, -0.2) is 0 Å². The molecule has 0 aromatic heterocycles. The second kappa shape index (κ2) is 133000000. The summed E-state index contributed by atoms with van der Waals surface area (Å²) in [7, 11) is 0. The Morgan fingerprint density at radius 2 is 0.600 bits per heavy atom. The van der Waals surface area contributed by atoms with E-state index in [9.17, 15) is 0 Å². The molecule has 1 radical (unpaired) electrons. The van der Waals surface area contributed by atoms with Gasteiger partial charge >= 0.3 is 17.1 Å². The Bertz CT molecular complexity index is 5.61. The minimum atomic E-state index is 0. The molecule has 0 unspecified atom stereocenters. The summed E-state index contributed by atoms with van der Waals surface area (Å²) < 4.78 is 0. The summed E-state index contributed by atoms with van der Waals surface area (Å²) in [5.74, 6) is 0. The Labute approximate surface area is 44.1 Å². The standard InChI is InChI=1S/2C2H4.Cu/c2*1-2;/h2*1-2H2;/q;;+2. The Morgan fingerprint density at radius 3 is 0.600 bits per heavy atom. The average Bonchev–Trinajstić information content (AvgIpc) is 1.50. The van der Waals surface area contributed by atoms with Crippen molar-refractivity contribution in [2.45, 2.75) is 0 Å². The molecule has 0 aliphatic rings. The van der Waals surface area contributed by atoms with Crippen LogP contribution in [-0.2, 0) is 17.1 Å². The first-order chi connectivity index (χ1) is 2.00. The molecule has 0 aliphatic heterocycles. The van der Waals surface area contributed by atoms with Gasteiger partial charge in [-0.2, -0.15) is 0 Å². The predicted molar refractivity (Wildman–Crippen MR) is 22.5 cm³/mol. The van der Waals surface area contributed by atoms with Crippen LogP contribution in [0.2, 0.25) is 0 Å². The van der Waals surface area contributed by atoms with E-state index in [-0.39, 0.29) is 17.1 Å². The summed E-state index contributed by atoms with van der Waals surface area (Å²) in [5, 5.41) is 0. The largest absolute Gasteiger partial charge is 2.00 e. The van der Waals surface area contributed by atoms with Crippen molar-refractivity contribution >= 4 is 0 Å². The van der Waals surface area contributed by atoms with Crippen LogP contribution in [0.3, 0.4) is 0 Å². The quantitative estimate of drug-likeness (QED) is 0.336. The monoisotopic (exact) mass is 119 g/mol. The van der Waals surface area contributed by atoms with Crippen LogP contribution in [0.5, 0.6) is 0 Å². The summed E-state index contributed by atoms with van der Waals surface area (Å²) in [6, 6.07) is 0. The van der Waals surface area contributed by atoms with Gasteiger partial charge in [-0.1, -0.05) is 0 Å². The number of rotatable bonds is 0. The molecule has 0 aliphatic carbocycles. The van der Waals surface area contributed by atoms with Crippen molar-refractivity contribution < 1.29 is 17.1 Å². The molecule has 33 valence electrons. The van der Waals surface area contributed by atoms with Crippen LogP contribution in [0.25, 0.3) is 0 Å². The zero-order chi connectivity index (χ0) is 4.00. The summed E-state index contributed by atoms with van der Waals surface area (Å²) in [6.07, 6.45) is 0. The molecule has 0 aromatic carbocycles. The molecule has 0 spiro atoms. The minimum absolute atomic E-state index is 0. The Hall–Kier alpha value is -0.000519. The van der Waals surface area contributed by atoms with Crippen LogP contribution in [-0.4, -0.2) is 0 Å². The van der Waals surface area contributed by atoms with Crippen LogP contribution in [0.1, 0.15) is 0 Å². The smallest absolute Gasteiger partial charge is 0.106 e. The molecule has 0 saturated carbocycles. The zero-order valence-corrected chi connectivity index (χ0v) is 4.07. The fraction of sp³-hybridized carbons (Fsp3) is 0. The third-order valence-corrected chi connectivity index (χ3v) is 0. The van der Waals surface area contributed by atoms with Gasteiger partial charge in [0.1, 0.15) is 0 Å². The van der Waals surface area contributed by atoms with Crippen molar-refractivity contribution in [2.24, 2.45) is 0 Å². The van der Waals surface area contributed by atoms with E-state index in [4.69, 9.17) is 0 Å². The Balaban J connectivity index is -0.0000000133. The maximum atomic E-state index is 3.00. The fourth-order valence-electron chi connectivity index (χ4n) is 0. The SMILES string of the molecule is C=C.C=C.[Cu+2]. The van der Waals surface area contributed by atoms with Crippen LogP contribution in [0, 0.1) is 0 Å². The second-order valence-corrected chi connectivity index (χ2v) is 0. The molecule has 0 aromatic rings. The van der Waals surface area contributed by atoms with Gasteiger partial charge in [0.05, 0.1) is 0 Å². The molecule has 0 N–H and O–H groups in total. The first kappa shape index (κ1) is 20.0. The summed E-state index contributed by atoms with van der Waals surface area (Å²) >= 11 is 0. The Kier molecular flexibility index (Phi) is 533000000. The summed E-state index contributed by atoms with van der Waals surface area (Å²) in [5.41, 5.74) is 0. The van der Waals surface area contributed by atoms with E-state index in [0.717, 1.165) is 0 Å². The molecular weight excluding hydrogens is 112 g/mol. The maximum absolute atomic E-state index is 3.00. The number of hydrogen-bond donors (Lipinski definition) is 0. The zero-order valence-electron chi connectivity index (χ0n) is 3.13. The van der Waals surface area contributed by atoms with E-state index in [1.807, 2.05) is 0 Å². The van der Waals surface area contributed by atoms with E-state index >= 15 is 0 Å². The maximum Gasteiger partial charge on any atom is 2.00 e. The molecular formula is C4H8Cu+2. The van der Waals surface area contributed by atoms with E-state index in [1.165, 1.54) is 0 Å². The van der Waals surface area contributed by atoms with Crippen LogP contribution < -0.4 is 0 Å². The van der Waals surface area contributed by atoms with Gasteiger partial charge in [0, 0.05) is 0 Å². The second-order valence-electron chi connectivity index (χ2n) is 0. The van der Waals surface area contributed by atoms with Crippen LogP contribution in [0.4, 0.5) is 0 Å². The van der Waals surface area contributed by atoms with Crippen LogP contribution in [0.15, 0.2) is 26.3 Å². The van der Waals surface area contributed by atoms with Gasteiger partial charge in [-0.15, -0.1) is 26.3 Å². The van der Waals surface area contributed by atoms with Gasteiger partial charge in [0.2, 0.25) is 0 Å². The normalized spacial score (nSPS) is 1.60. The molecule has 0 bridgehead atoms. The molecule has 1 heteroatoms. The van der Waals surface area contributed by atoms with Gasteiger partial charge in [-0.3, -0.25) is 0 Å². The molecule has 0 rings (SSSR count). The number of hydrogen-bond acceptors (Lipinski definition) is 0. The Morgan fingerprint density at radius 1 is 0.600 bits per heavy atom. The van der Waals surface area contributed by atoms with Gasteiger partial charge in [0.15, 0.2) is 0 Å². The van der Waals surface area contributed by atoms with E-state index in [2.05, 4.69) is 26.3 Å². The van der Waals surface area contributed by atoms with Crippen molar-refractivity contribution in [1.82, 2.24) is 0 Å². The molecule has 0 atom stereocenters. The summed E-state index contributed by atoms with van der Waals surface area (Å²) in [6.45, 7) is 12.0. The van der Waals surface area contributed by atoms with Crippen molar-refractivity contribution in [1.29, 1.82) is 0 Å². The van der Waals surface area contributed by atoms with Crippen LogP contribution >= 0.6 is 0 Å². The molecule has 0 fully saturated rings. The third-order valence-electron chi connectivity index (χ3n) is 0. The molecule has 0 nitrogen and oxygen atoms in total. The van der Waals surface area contributed by atoms with Crippen molar-refractivity contribution in [3.63, 3.8) is 0 Å².